The van der Waals surface area contributed by atoms with E-state index in [4.69, 9.17) is 13.9 Å². The Kier molecular flexibility index (Phi) is 5.43. The van der Waals surface area contributed by atoms with E-state index in [0.29, 0.717) is 12.8 Å². The normalized spacial score (nSPS) is 33.9. The van der Waals surface area contributed by atoms with Crippen LogP contribution in [0.2, 0.25) is 0 Å². The van der Waals surface area contributed by atoms with Crippen LogP contribution in [0.4, 0.5) is 0 Å². The first-order valence-electron chi connectivity index (χ1n) is 12.3. The smallest absolute Gasteiger partial charge is 0.321 e. The van der Waals surface area contributed by atoms with Crippen LogP contribution < -0.4 is 4.74 Å². The van der Waals surface area contributed by atoms with Crippen molar-refractivity contribution in [3.63, 3.8) is 0 Å². The van der Waals surface area contributed by atoms with Crippen molar-refractivity contribution in [3.8, 4) is 5.75 Å². The summed E-state index contributed by atoms with van der Waals surface area (Å²) in [5.41, 5.74) is 1.02. The first-order valence-corrected chi connectivity index (χ1v) is 12.3. The fraction of sp³-hybridized carbons (Fsp3) is 0.571. The van der Waals surface area contributed by atoms with Crippen molar-refractivity contribution in [2.45, 2.75) is 70.4 Å². The number of fused-ring (bicyclic) bond motifs is 2. The van der Waals surface area contributed by atoms with E-state index in [0.717, 1.165) is 24.4 Å². The van der Waals surface area contributed by atoms with Gasteiger partial charge in [0.15, 0.2) is 5.78 Å². The molecule has 0 N–H and O–H groups in total. The molecule has 34 heavy (non-hydrogen) atoms. The standard InChI is InChI=1S/C28H35NO5/c1-6-33-25(31)28(24(30)12-11-19-8-7-13-34-19)17-27(3)22-14-18-9-10-20(32-5)15-21(18)26(27,2)16-23(28)29(22)4/h7-10,13,15,22-23H,6,11-12,14,16-17H2,1-5H3. The number of piperidine rings is 2. The maximum atomic E-state index is 14.0. The summed E-state index contributed by atoms with van der Waals surface area (Å²) in [6.07, 6.45) is 4.49. The minimum atomic E-state index is -1.17. The van der Waals surface area contributed by atoms with E-state index in [1.807, 2.05) is 25.1 Å². The Labute approximate surface area is 201 Å². The second-order valence-electron chi connectivity index (χ2n) is 10.7. The van der Waals surface area contributed by atoms with E-state index in [1.54, 1.807) is 13.4 Å². The quantitative estimate of drug-likeness (QED) is 0.448. The number of hydrogen-bond donors (Lipinski definition) is 0. The highest BCUT2D eigenvalue weighted by molar-refractivity contribution is 6.05. The van der Waals surface area contributed by atoms with Gasteiger partial charge in [0.25, 0.3) is 0 Å². The Morgan fingerprint density at radius 2 is 2.00 bits per heavy atom. The average Bonchev–Trinajstić information content (AvgIpc) is 3.34. The highest BCUT2D eigenvalue weighted by Crippen LogP contribution is 2.68. The zero-order valence-corrected chi connectivity index (χ0v) is 20.8. The first-order chi connectivity index (χ1) is 16.2. The van der Waals surface area contributed by atoms with Crippen molar-refractivity contribution in [2.24, 2.45) is 10.8 Å². The fourth-order valence-electron chi connectivity index (χ4n) is 7.48. The van der Waals surface area contributed by atoms with Gasteiger partial charge in [-0.1, -0.05) is 19.9 Å². The van der Waals surface area contributed by atoms with Gasteiger partial charge in [-0.15, -0.1) is 0 Å². The monoisotopic (exact) mass is 465 g/mol. The first kappa shape index (κ1) is 23.2. The van der Waals surface area contributed by atoms with Crippen LogP contribution in [0.15, 0.2) is 41.0 Å². The molecule has 5 atom stereocenters. The molecule has 3 fully saturated rings. The number of hydrogen-bond acceptors (Lipinski definition) is 6. The Bertz CT molecular complexity index is 1110. The number of likely N-dealkylation sites (N-methyl/N-ethyl adjacent to an activating group) is 1. The number of carbonyl (C=O) groups excluding carboxylic acids is 2. The van der Waals surface area contributed by atoms with Crippen LogP contribution in [0.25, 0.3) is 0 Å². The Hall–Kier alpha value is -2.60. The topological polar surface area (TPSA) is 69.0 Å². The Balaban J connectivity index is 1.58. The highest BCUT2D eigenvalue weighted by Gasteiger charge is 2.73. The summed E-state index contributed by atoms with van der Waals surface area (Å²) in [7, 11) is 3.79. The third-order valence-electron chi connectivity index (χ3n) is 9.44. The SMILES string of the molecule is CCOC(=O)C1(C(=O)CCc2ccco2)CC2(C)C3Cc4ccc(OC)cc4C2(C)CC1N3C. The molecule has 0 amide bonds. The summed E-state index contributed by atoms with van der Waals surface area (Å²) in [6, 6.07) is 10.1. The molecule has 4 aliphatic rings. The second kappa shape index (κ2) is 7.98. The lowest BCUT2D eigenvalue weighted by molar-refractivity contribution is -0.208. The molecule has 6 heteroatoms. The van der Waals surface area contributed by atoms with Crippen LogP contribution in [0, 0.1) is 10.8 Å². The maximum absolute atomic E-state index is 14.0. The van der Waals surface area contributed by atoms with Gasteiger partial charge in [-0.2, -0.15) is 0 Å². The van der Waals surface area contributed by atoms with Gasteiger partial charge in [-0.3, -0.25) is 14.5 Å². The van der Waals surface area contributed by atoms with Crippen molar-refractivity contribution in [1.29, 1.82) is 0 Å². The summed E-state index contributed by atoms with van der Waals surface area (Å²) in [6.45, 7) is 6.67. The van der Waals surface area contributed by atoms with Gasteiger partial charge in [0, 0.05) is 30.3 Å². The number of Topliss-reactive ketones (excluding diaryl/α,β-unsaturated/α-hetero) is 1. The fourth-order valence-corrected chi connectivity index (χ4v) is 7.48. The number of aryl methyl sites for hydroxylation is 1. The zero-order chi connectivity index (χ0) is 24.3. The van der Waals surface area contributed by atoms with E-state index < -0.39 is 5.41 Å². The molecule has 1 aromatic heterocycles. The summed E-state index contributed by atoms with van der Waals surface area (Å²) in [5.74, 6) is 1.22. The molecule has 1 saturated carbocycles. The summed E-state index contributed by atoms with van der Waals surface area (Å²) in [5, 5.41) is 0. The Morgan fingerprint density at radius 1 is 1.21 bits per heavy atom. The number of ketones is 1. The summed E-state index contributed by atoms with van der Waals surface area (Å²) in [4.78, 5) is 30.0. The molecule has 0 radical (unpaired) electrons. The number of rotatable bonds is 7. The molecule has 2 aromatic rings. The minimum absolute atomic E-state index is 0.0302. The van der Waals surface area contributed by atoms with E-state index in [9.17, 15) is 9.59 Å². The molecular formula is C28H35NO5. The third kappa shape index (κ3) is 2.97. The van der Waals surface area contributed by atoms with Gasteiger partial charge in [0.2, 0.25) is 0 Å². The molecular weight excluding hydrogens is 430 g/mol. The number of nitrogens with zero attached hydrogens (tertiary/aromatic N) is 1. The van der Waals surface area contributed by atoms with E-state index >= 15 is 0 Å². The van der Waals surface area contributed by atoms with E-state index in [1.165, 1.54) is 11.1 Å². The van der Waals surface area contributed by atoms with Crippen molar-refractivity contribution < 1.29 is 23.5 Å². The average molecular weight is 466 g/mol. The number of furan rings is 1. The molecule has 6 rings (SSSR count). The van der Waals surface area contributed by atoms with Gasteiger partial charge in [0.05, 0.1) is 20.0 Å². The van der Waals surface area contributed by atoms with Crippen LogP contribution >= 0.6 is 0 Å². The molecule has 6 nitrogen and oxygen atoms in total. The van der Waals surface area contributed by atoms with Gasteiger partial charge in [-0.25, -0.2) is 0 Å². The van der Waals surface area contributed by atoms with Gasteiger partial charge >= 0.3 is 5.97 Å². The molecule has 3 heterocycles. The maximum Gasteiger partial charge on any atom is 0.321 e. The molecule has 1 aromatic carbocycles. The molecule has 0 spiro atoms. The van der Waals surface area contributed by atoms with Crippen LogP contribution in [-0.4, -0.2) is 49.5 Å². The van der Waals surface area contributed by atoms with Crippen LogP contribution in [0.1, 0.15) is 56.9 Å². The Morgan fingerprint density at radius 3 is 2.68 bits per heavy atom. The van der Waals surface area contributed by atoms with Gasteiger partial charge in [0.1, 0.15) is 16.9 Å². The third-order valence-corrected chi connectivity index (χ3v) is 9.44. The lowest BCUT2D eigenvalue weighted by Crippen LogP contribution is -2.78. The summed E-state index contributed by atoms with van der Waals surface area (Å²) < 4.78 is 16.6. The van der Waals surface area contributed by atoms with E-state index in [2.05, 4.69) is 37.9 Å². The lowest BCUT2D eigenvalue weighted by Gasteiger charge is -2.71. The van der Waals surface area contributed by atoms with Crippen molar-refractivity contribution in [1.82, 2.24) is 4.90 Å². The van der Waals surface area contributed by atoms with E-state index in [-0.39, 0.29) is 47.7 Å². The number of carbonyl (C=O) groups is 2. The van der Waals surface area contributed by atoms with Crippen LogP contribution in [-0.2, 0) is 32.6 Å². The summed E-state index contributed by atoms with van der Waals surface area (Å²) >= 11 is 0. The predicted octanol–water partition coefficient (Wildman–Crippen LogP) is 4.34. The highest BCUT2D eigenvalue weighted by atomic mass is 16.5. The largest absolute Gasteiger partial charge is 0.497 e. The zero-order valence-electron chi connectivity index (χ0n) is 20.8. The van der Waals surface area contributed by atoms with Crippen molar-refractivity contribution in [2.75, 3.05) is 20.8 Å². The second-order valence-corrected chi connectivity index (χ2v) is 10.7. The number of methoxy groups -OCH3 is 1. The molecule has 2 saturated heterocycles. The lowest BCUT2D eigenvalue weighted by atomic mass is 9.39. The van der Waals surface area contributed by atoms with Gasteiger partial charge in [-0.05, 0) is 74.0 Å². The molecule has 5 unspecified atom stereocenters. The van der Waals surface area contributed by atoms with Crippen molar-refractivity contribution >= 4 is 11.8 Å². The number of esters is 1. The number of benzene rings is 1. The molecule has 182 valence electrons. The van der Waals surface area contributed by atoms with Gasteiger partial charge < -0.3 is 13.9 Å². The molecule has 2 aliphatic heterocycles. The number of ether oxygens (including phenoxy) is 2. The molecule has 4 bridgehead atoms. The van der Waals surface area contributed by atoms with Crippen LogP contribution in [0.3, 0.4) is 0 Å². The minimum Gasteiger partial charge on any atom is -0.497 e. The van der Waals surface area contributed by atoms with Crippen LogP contribution in [0.5, 0.6) is 5.75 Å². The predicted molar refractivity (Wildman–Crippen MR) is 128 cm³/mol. The molecule has 2 aliphatic carbocycles. The van der Waals surface area contributed by atoms with Crippen molar-refractivity contribution in [3.05, 3.63) is 53.5 Å².